The maximum absolute atomic E-state index is 9.77. The molecule has 0 spiro atoms. The fourth-order valence-electron chi connectivity index (χ4n) is 4.72. The topological polar surface area (TPSA) is 40.5 Å². The molecule has 0 aliphatic rings. The van der Waals surface area contributed by atoms with Crippen molar-refractivity contribution in [3.05, 3.63) is 0 Å². The first-order chi connectivity index (χ1) is 15.6. The summed E-state index contributed by atoms with van der Waals surface area (Å²) >= 11 is 0. The zero-order chi connectivity index (χ0) is 23.7. The fourth-order valence-corrected chi connectivity index (χ4v) is 7.65. The highest BCUT2D eigenvalue weighted by molar-refractivity contribution is 7.57. The van der Waals surface area contributed by atoms with Gasteiger partial charge in [-0.25, -0.2) is 0 Å². The molecule has 2 unspecified atom stereocenters. The van der Waals surface area contributed by atoms with E-state index in [1.54, 1.807) is 0 Å². The van der Waals surface area contributed by atoms with Gasteiger partial charge in [-0.05, 0) is 30.8 Å². The molecule has 2 atom stereocenters. The highest BCUT2D eigenvalue weighted by Crippen LogP contribution is 2.39. The van der Waals surface area contributed by atoms with E-state index in [1.807, 2.05) is 0 Å². The van der Waals surface area contributed by atoms with Gasteiger partial charge in [0.05, 0.1) is 12.7 Å². The van der Waals surface area contributed by atoms with Crippen LogP contribution in [0.15, 0.2) is 0 Å². The fraction of sp³-hybridized carbons (Fsp3) is 1.00. The second kappa shape index (κ2) is 26.0. The summed E-state index contributed by atoms with van der Waals surface area (Å²) in [6.45, 7) is 6.77. The monoisotopic (exact) mass is 472 g/mol. The molecule has 0 aromatic carbocycles. The second-order valence-electron chi connectivity index (χ2n) is 10.7. The van der Waals surface area contributed by atoms with Crippen molar-refractivity contribution in [1.29, 1.82) is 0 Å². The van der Waals surface area contributed by atoms with E-state index in [4.69, 9.17) is 5.11 Å². The Morgan fingerprint density at radius 3 is 1.19 bits per heavy atom. The third-order valence-electron chi connectivity index (χ3n) is 6.63. The molecule has 32 heavy (non-hydrogen) atoms. The number of aliphatic hydroxyl groups excluding tert-OH is 2. The first kappa shape index (κ1) is 32.4. The lowest BCUT2D eigenvalue weighted by atomic mass is 10.0. The van der Waals surface area contributed by atoms with Gasteiger partial charge in [0.15, 0.2) is 0 Å². The number of hydrogen-bond acceptors (Lipinski definition) is 2. The SMILES string of the molecule is CCCCCCCCCCCCCCCCCCCCCCP(CC(C)C)CC(O)CO. The van der Waals surface area contributed by atoms with Gasteiger partial charge in [0.1, 0.15) is 0 Å². The zero-order valence-corrected chi connectivity index (χ0v) is 23.4. The molecule has 0 aliphatic carbocycles. The maximum Gasteiger partial charge on any atom is 0.0809 e. The molecule has 0 bridgehead atoms. The Labute approximate surface area is 204 Å². The summed E-state index contributed by atoms with van der Waals surface area (Å²) in [5.74, 6) is 0.706. The van der Waals surface area contributed by atoms with Crippen LogP contribution >= 0.6 is 7.92 Å². The van der Waals surface area contributed by atoms with E-state index in [0.717, 1.165) is 6.16 Å². The van der Waals surface area contributed by atoms with E-state index in [1.165, 1.54) is 141 Å². The maximum atomic E-state index is 9.77. The van der Waals surface area contributed by atoms with Gasteiger partial charge in [-0.15, -0.1) is 7.92 Å². The zero-order valence-electron chi connectivity index (χ0n) is 22.5. The van der Waals surface area contributed by atoms with Crippen molar-refractivity contribution in [2.24, 2.45) is 5.92 Å². The predicted octanol–water partition coefficient (Wildman–Crippen LogP) is 9.30. The van der Waals surface area contributed by atoms with Crippen molar-refractivity contribution in [3.63, 3.8) is 0 Å². The van der Waals surface area contributed by atoms with Crippen LogP contribution in [-0.4, -0.2) is 41.4 Å². The minimum absolute atomic E-state index is 0.0732. The van der Waals surface area contributed by atoms with Crippen LogP contribution in [0.3, 0.4) is 0 Å². The Morgan fingerprint density at radius 1 is 0.531 bits per heavy atom. The molecular formula is C29H61O2P. The molecule has 0 saturated carbocycles. The largest absolute Gasteiger partial charge is 0.394 e. The lowest BCUT2D eigenvalue weighted by molar-refractivity contribution is 0.112. The minimum Gasteiger partial charge on any atom is -0.394 e. The van der Waals surface area contributed by atoms with Gasteiger partial charge in [0, 0.05) is 0 Å². The summed E-state index contributed by atoms with van der Waals surface area (Å²) < 4.78 is 0. The van der Waals surface area contributed by atoms with E-state index in [-0.39, 0.29) is 14.5 Å². The first-order valence-electron chi connectivity index (χ1n) is 14.6. The molecule has 194 valence electrons. The van der Waals surface area contributed by atoms with Gasteiger partial charge < -0.3 is 10.2 Å². The van der Waals surface area contributed by atoms with Crippen LogP contribution in [0.1, 0.15) is 149 Å². The second-order valence-corrected chi connectivity index (χ2v) is 13.2. The van der Waals surface area contributed by atoms with Crippen molar-refractivity contribution in [2.45, 2.75) is 155 Å². The number of aliphatic hydroxyl groups is 2. The van der Waals surface area contributed by atoms with Crippen molar-refractivity contribution >= 4 is 7.92 Å². The van der Waals surface area contributed by atoms with Crippen LogP contribution in [0.5, 0.6) is 0 Å². The predicted molar refractivity (Wildman–Crippen MR) is 147 cm³/mol. The molecule has 0 radical (unpaired) electrons. The van der Waals surface area contributed by atoms with Crippen LogP contribution in [0.2, 0.25) is 0 Å². The molecule has 3 heteroatoms. The van der Waals surface area contributed by atoms with Gasteiger partial charge in [0.2, 0.25) is 0 Å². The standard InChI is InChI=1S/C29H61O2P/c1-4-5-6-7-8-9-10-11-12-13-14-15-16-17-18-19-20-21-22-23-24-32(26-28(2)3)27-29(31)25-30/h28-31H,4-27H2,1-3H3. The molecule has 0 amide bonds. The molecule has 0 fully saturated rings. The van der Waals surface area contributed by atoms with Gasteiger partial charge in [-0.1, -0.05) is 143 Å². The van der Waals surface area contributed by atoms with Crippen LogP contribution in [0.25, 0.3) is 0 Å². The minimum atomic E-state index is -0.495. The molecule has 0 aromatic heterocycles. The Morgan fingerprint density at radius 2 is 0.875 bits per heavy atom. The summed E-state index contributed by atoms with van der Waals surface area (Å²) in [5.41, 5.74) is 0. The van der Waals surface area contributed by atoms with Crippen molar-refractivity contribution in [1.82, 2.24) is 0 Å². The lowest BCUT2D eigenvalue weighted by Gasteiger charge is -2.22. The highest BCUT2D eigenvalue weighted by Gasteiger charge is 2.14. The quantitative estimate of drug-likeness (QED) is 0.0972. The summed E-state index contributed by atoms with van der Waals surface area (Å²) in [6.07, 6.45) is 31.5. The molecule has 0 saturated heterocycles. The van der Waals surface area contributed by atoms with Gasteiger partial charge in [-0.3, -0.25) is 0 Å². The number of unbranched alkanes of at least 4 members (excludes halogenated alkanes) is 19. The summed E-state index contributed by atoms with van der Waals surface area (Å²) in [6, 6.07) is 0. The van der Waals surface area contributed by atoms with E-state index in [2.05, 4.69) is 20.8 Å². The molecule has 0 aliphatic heterocycles. The molecular weight excluding hydrogens is 411 g/mol. The average molecular weight is 473 g/mol. The van der Waals surface area contributed by atoms with Crippen LogP contribution in [0, 0.1) is 5.92 Å². The Bertz CT molecular complexity index is 348. The van der Waals surface area contributed by atoms with Crippen molar-refractivity contribution < 1.29 is 10.2 Å². The Balaban J connectivity index is 3.30. The van der Waals surface area contributed by atoms with E-state index >= 15 is 0 Å². The van der Waals surface area contributed by atoms with E-state index in [0.29, 0.717) is 5.92 Å². The van der Waals surface area contributed by atoms with Crippen LogP contribution in [0.4, 0.5) is 0 Å². The van der Waals surface area contributed by atoms with Gasteiger partial charge in [-0.2, -0.15) is 0 Å². The third-order valence-corrected chi connectivity index (χ3v) is 9.76. The first-order valence-corrected chi connectivity index (χ1v) is 16.5. The summed E-state index contributed by atoms with van der Waals surface area (Å²) in [7, 11) is -0.101. The third kappa shape index (κ3) is 25.0. The van der Waals surface area contributed by atoms with E-state index < -0.39 is 6.10 Å². The number of hydrogen-bond donors (Lipinski definition) is 2. The molecule has 2 nitrogen and oxygen atoms in total. The molecule has 2 N–H and O–H groups in total. The number of rotatable bonds is 26. The normalized spacial score (nSPS) is 13.7. The van der Waals surface area contributed by atoms with Crippen molar-refractivity contribution in [3.8, 4) is 0 Å². The summed E-state index contributed by atoms with van der Waals surface area (Å²) in [5, 5.41) is 18.9. The average Bonchev–Trinajstić information content (AvgIpc) is 2.77. The van der Waals surface area contributed by atoms with Crippen LogP contribution < -0.4 is 0 Å². The Hall–Kier alpha value is 0.350. The molecule has 0 aromatic rings. The van der Waals surface area contributed by atoms with Gasteiger partial charge >= 0.3 is 0 Å². The molecule has 0 heterocycles. The smallest absolute Gasteiger partial charge is 0.0809 e. The van der Waals surface area contributed by atoms with E-state index in [9.17, 15) is 5.11 Å². The van der Waals surface area contributed by atoms with Gasteiger partial charge in [0.25, 0.3) is 0 Å². The Kier molecular flexibility index (Phi) is 26.2. The summed E-state index contributed by atoms with van der Waals surface area (Å²) in [4.78, 5) is 0. The van der Waals surface area contributed by atoms with Crippen LogP contribution in [-0.2, 0) is 0 Å². The lowest BCUT2D eigenvalue weighted by Crippen LogP contribution is -2.18. The highest BCUT2D eigenvalue weighted by atomic mass is 31.1. The van der Waals surface area contributed by atoms with Crippen molar-refractivity contribution in [2.75, 3.05) is 25.1 Å². The molecule has 0 rings (SSSR count).